The van der Waals surface area contributed by atoms with E-state index in [4.69, 9.17) is 4.74 Å². The second-order valence-corrected chi connectivity index (χ2v) is 5.16. The average molecular weight is 260 g/mol. The molecule has 80 valence electrons. The molecule has 0 aromatic rings. The molecule has 14 heavy (non-hydrogen) atoms. The molecule has 0 aliphatic carbocycles. The van der Waals surface area contributed by atoms with Crippen molar-refractivity contribution in [2.45, 2.75) is 52.2 Å². The summed E-state index contributed by atoms with van der Waals surface area (Å²) in [5, 5.41) is 0. The maximum absolute atomic E-state index is 5.86. The number of nitrogens with zero attached hydrogens (tertiary/aromatic N) is 1. The van der Waals surface area contributed by atoms with Crippen LogP contribution in [0.1, 0.15) is 40.5 Å². The predicted octanol–water partition coefficient (Wildman–Crippen LogP) is 3.66. The smallest absolute Gasteiger partial charge is 0.109 e. The van der Waals surface area contributed by atoms with Gasteiger partial charge in [-0.1, -0.05) is 6.92 Å². The molecule has 0 saturated carbocycles. The number of aliphatic imine (C=N–C) groups is 1. The van der Waals surface area contributed by atoms with Crippen LogP contribution < -0.4 is 0 Å². The summed E-state index contributed by atoms with van der Waals surface area (Å²) in [7, 11) is 0. The highest BCUT2D eigenvalue weighted by Gasteiger charge is 2.25. The van der Waals surface area contributed by atoms with Gasteiger partial charge >= 0.3 is 0 Å². The average Bonchev–Trinajstić information content (AvgIpc) is 2.09. The lowest BCUT2D eigenvalue weighted by atomic mass is 9.97. The van der Waals surface area contributed by atoms with Gasteiger partial charge in [0, 0.05) is 12.6 Å². The first-order chi connectivity index (χ1) is 6.44. The Morgan fingerprint density at radius 3 is 2.86 bits per heavy atom. The minimum absolute atomic E-state index is 0.123. The Balaban J connectivity index is 2.92. The van der Waals surface area contributed by atoms with E-state index in [2.05, 4.69) is 41.7 Å². The van der Waals surface area contributed by atoms with Gasteiger partial charge in [0.1, 0.15) is 11.4 Å². The van der Waals surface area contributed by atoms with Gasteiger partial charge < -0.3 is 4.74 Å². The van der Waals surface area contributed by atoms with E-state index in [0.29, 0.717) is 6.04 Å². The summed E-state index contributed by atoms with van der Waals surface area (Å²) in [4.78, 5) is 4.52. The third-order valence-electron chi connectivity index (χ3n) is 2.36. The fraction of sp³-hybridized carbons (Fsp3) is 0.727. The number of allylic oxidation sites excluding steroid dienone is 2. The van der Waals surface area contributed by atoms with E-state index in [1.54, 1.807) is 0 Å². The van der Waals surface area contributed by atoms with E-state index in [1.165, 1.54) is 0 Å². The van der Waals surface area contributed by atoms with Gasteiger partial charge in [0.15, 0.2) is 0 Å². The molecule has 0 saturated heterocycles. The van der Waals surface area contributed by atoms with Crippen LogP contribution in [0, 0.1) is 0 Å². The lowest BCUT2D eigenvalue weighted by Gasteiger charge is -2.31. The van der Waals surface area contributed by atoms with E-state index in [9.17, 15) is 0 Å². The highest BCUT2D eigenvalue weighted by molar-refractivity contribution is 9.12. The van der Waals surface area contributed by atoms with Gasteiger partial charge in [0.25, 0.3) is 0 Å². The molecule has 0 spiro atoms. The molecular formula is C11H18BrNO. The summed E-state index contributed by atoms with van der Waals surface area (Å²) in [5.41, 5.74) is -0.123. The van der Waals surface area contributed by atoms with Crippen molar-refractivity contribution in [2.24, 2.45) is 4.99 Å². The molecule has 1 heterocycles. The summed E-state index contributed by atoms with van der Waals surface area (Å²) in [6, 6.07) is 0.366. The summed E-state index contributed by atoms with van der Waals surface area (Å²) < 4.78 is 6.81. The van der Waals surface area contributed by atoms with Crippen LogP contribution in [0.5, 0.6) is 0 Å². The SMILES string of the molecule is CCC1CC(C)(C)O/C(C)=C(\Br)C=N1. The minimum atomic E-state index is -0.123. The first-order valence-electron chi connectivity index (χ1n) is 5.03. The largest absolute Gasteiger partial charge is 0.491 e. The molecular weight excluding hydrogens is 242 g/mol. The topological polar surface area (TPSA) is 21.6 Å². The summed E-state index contributed by atoms with van der Waals surface area (Å²) in [5.74, 6) is 0.910. The molecule has 1 aliphatic rings. The van der Waals surface area contributed by atoms with Crippen molar-refractivity contribution in [2.75, 3.05) is 0 Å². The lowest BCUT2D eigenvalue weighted by molar-refractivity contribution is 0.0218. The molecule has 0 bridgehead atoms. The highest BCUT2D eigenvalue weighted by Crippen LogP contribution is 2.27. The Bertz CT molecular complexity index is 268. The van der Waals surface area contributed by atoms with Crippen LogP contribution >= 0.6 is 15.9 Å². The second kappa shape index (κ2) is 4.47. The fourth-order valence-electron chi connectivity index (χ4n) is 1.64. The van der Waals surface area contributed by atoms with Gasteiger partial charge in [-0.15, -0.1) is 0 Å². The Kier molecular flexibility index (Phi) is 3.76. The van der Waals surface area contributed by atoms with E-state index in [1.807, 2.05) is 13.1 Å². The van der Waals surface area contributed by atoms with Crippen molar-refractivity contribution < 1.29 is 4.74 Å². The monoisotopic (exact) mass is 259 g/mol. The molecule has 0 amide bonds. The number of hydrogen-bond acceptors (Lipinski definition) is 2. The Morgan fingerprint density at radius 1 is 1.64 bits per heavy atom. The van der Waals surface area contributed by atoms with Crippen molar-refractivity contribution >= 4 is 22.1 Å². The Hall–Kier alpha value is -0.310. The van der Waals surface area contributed by atoms with E-state index >= 15 is 0 Å². The van der Waals surface area contributed by atoms with Crippen LogP contribution in [0.2, 0.25) is 0 Å². The van der Waals surface area contributed by atoms with Crippen LogP contribution in [0.4, 0.5) is 0 Å². The summed E-state index contributed by atoms with van der Waals surface area (Å²) in [6.07, 6.45) is 3.89. The van der Waals surface area contributed by atoms with E-state index in [-0.39, 0.29) is 5.60 Å². The zero-order valence-corrected chi connectivity index (χ0v) is 10.9. The summed E-state index contributed by atoms with van der Waals surface area (Å²) >= 11 is 3.45. The quantitative estimate of drug-likeness (QED) is 0.705. The molecule has 0 radical (unpaired) electrons. The van der Waals surface area contributed by atoms with Crippen LogP contribution in [-0.4, -0.2) is 17.9 Å². The Labute approximate surface area is 94.6 Å². The molecule has 3 heteroatoms. The molecule has 1 atom stereocenters. The predicted molar refractivity (Wildman–Crippen MR) is 64.0 cm³/mol. The molecule has 0 N–H and O–H groups in total. The van der Waals surface area contributed by atoms with Gasteiger partial charge in [-0.05, 0) is 43.1 Å². The molecule has 1 aliphatic heterocycles. The number of halogens is 1. The fourth-order valence-corrected chi connectivity index (χ4v) is 1.84. The zero-order valence-electron chi connectivity index (χ0n) is 9.30. The molecule has 0 aromatic heterocycles. The summed E-state index contributed by atoms with van der Waals surface area (Å²) in [6.45, 7) is 8.34. The Morgan fingerprint density at radius 2 is 2.29 bits per heavy atom. The molecule has 2 nitrogen and oxygen atoms in total. The molecule has 0 aromatic carbocycles. The molecule has 1 rings (SSSR count). The molecule has 0 fully saturated rings. The standard InChI is InChI=1S/C11H18BrNO/c1-5-9-6-11(3,4)14-8(2)10(12)7-13-9/h7,9H,5-6H2,1-4H3/b10-8-,13-7?. The minimum Gasteiger partial charge on any atom is -0.491 e. The maximum Gasteiger partial charge on any atom is 0.109 e. The van der Waals surface area contributed by atoms with Crippen molar-refractivity contribution in [3.8, 4) is 0 Å². The van der Waals surface area contributed by atoms with Crippen LogP contribution in [0.25, 0.3) is 0 Å². The number of ether oxygens (including phenoxy) is 1. The van der Waals surface area contributed by atoms with Crippen molar-refractivity contribution in [1.82, 2.24) is 0 Å². The number of rotatable bonds is 1. The molecule has 1 unspecified atom stereocenters. The van der Waals surface area contributed by atoms with Crippen LogP contribution in [-0.2, 0) is 4.74 Å². The van der Waals surface area contributed by atoms with Crippen LogP contribution in [0.15, 0.2) is 15.2 Å². The van der Waals surface area contributed by atoms with Crippen LogP contribution in [0.3, 0.4) is 0 Å². The first kappa shape index (κ1) is 11.8. The normalized spacial score (nSPS) is 31.9. The van der Waals surface area contributed by atoms with Gasteiger partial charge in [0.2, 0.25) is 0 Å². The van der Waals surface area contributed by atoms with E-state index in [0.717, 1.165) is 23.1 Å². The van der Waals surface area contributed by atoms with Gasteiger partial charge in [-0.2, -0.15) is 0 Å². The van der Waals surface area contributed by atoms with Crippen molar-refractivity contribution in [3.05, 3.63) is 10.2 Å². The van der Waals surface area contributed by atoms with Gasteiger partial charge in [-0.3, -0.25) is 4.99 Å². The lowest BCUT2D eigenvalue weighted by Crippen LogP contribution is -2.30. The highest BCUT2D eigenvalue weighted by atomic mass is 79.9. The number of hydrogen-bond donors (Lipinski definition) is 0. The second-order valence-electron chi connectivity index (χ2n) is 4.31. The van der Waals surface area contributed by atoms with Crippen molar-refractivity contribution in [1.29, 1.82) is 0 Å². The van der Waals surface area contributed by atoms with Crippen molar-refractivity contribution in [3.63, 3.8) is 0 Å². The third kappa shape index (κ3) is 3.12. The van der Waals surface area contributed by atoms with E-state index < -0.39 is 0 Å². The first-order valence-corrected chi connectivity index (χ1v) is 5.82. The van der Waals surface area contributed by atoms with Gasteiger partial charge in [0.05, 0.1) is 10.5 Å². The third-order valence-corrected chi connectivity index (χ3v) is 3.13. The van der Waals surface area contributed by atoms with Gasteiger partial charge in [-0.25, -0.2) is 0 Å². The maximum atomic E-state index is 5.86. The zero-order chi connectivity index (χ0) is 10.8.